The van der Waals surface area contributed by atoms with Crippen LogP contribution < -0.4 is 5.32 Å². The lowest BCUT2D eigenvalue weighted by molar-refractivity contribution is 0.200. The third-order valence-corrected chi connectivity index (χ3v) is 3.00. The van der Waals surface area contributed by atoms with Gasteiger partial charge in [0.25, 0.3) is 0 Å². The van der Waals surface area contributed by atoms with E-state index in [9.17, 15) is 4.79 Å². The van der Waals surface area contributed by atoms with Gasteiger partial charge >= 0.3 is 6.03 Å². The molecule has 1 fully saturated rings. The van der Waals surface area contributed by atoms with Crippen molar-refractivity contribution in [2.75, 3.05) is 18.4 Å². The van der Waals surface area contributed by atoms with Crippen molar-refractivity contribution < 1.29 is 4.79 Å². The third kappa shape index (κ3) is 2.18. The van der Waals surface area contributed by atoms with Gasteiger partial charge in [-0.15, -0.1) is 0 Å². The van der Waals surface area contributed by atoms with Crippen LogP contribution in [0, 0.1) is 13.8 Å². The molecule has 0 bridgehead atoms. The third-order valence-electron chi connectivity index (χ3n) is 3.00. The van der Waals surface area contributed by atoms with Crippen LogP contribution in [-0.4, -0.2) is 34.2 Å². The molecule has 16 heavy (non-hydrogen) atoms. The van der Waals surface area contributed by atoms with Gasteiger partial charge in [0.05, 0.1) is 17.1 Å². The minimum absolute atomic E-state index is 0.00713. The highest BCUT2D eigenvalue weighted by atomic mass is 16.2. The molecular weight excluding hydrogens is 204 g/mol. The smallest absolute Gasteiger partial charge is 0.321 e. The molecule has 5 nitrogen and oxygen atoms in total. The number of aryl methyl sites for hydroxylation is 2. The standard InChI is InChI=1S/C11H18N4O/c1-8-10(9(2)14-13-8)12-11(16)15-6-4-3-5-7-15/h3-7H2,1-2H3,(H,12,16)(H,13,14). The Balaban J connectivity index is 2.01. The molecule has 0 aliphatic carbocycles. The van der Waals surface area contributed by atoms with E-state index in [0.29, 0.717) is 0 Å². The van der Waals surface area contributed by atoms with Crippen molar-refractivity contribution >= 4 is 11.7 Å². The number of rotatable bonds is 1. The predicted octanol–water partition coefficient (Wildman–Crippen LogP) is 2.04. The van der Waals surface area contributed by atoms with Crippen molar-refractivity contribution in [3.63, 3.8) is 0 Å². The zero-order chi connectivity index (χ0) is 11.5. The molecule has 1 aliphatic rings. The minimum Gasteiger partial charge on any atom is -0.325 e. The number of piperidine rings is 1. The molecular formula is C11H18N4O. The minimum atomic E-state index is -0.00713. The van der Waals surface area contributed by atoms with Gasteiger partial charge in [0.1, 0.15) is 0 Å². The van der Waals surface area contributed by atoms with Crippen LogP contribution in [-0.2, 0) is 0 Å². The summed E-state index contributed by atoms with van der Waals surface area (Å²) in [5.41, 5.74) is 2.56. The van der Waals surface area contributed by atoms with E-state index in [0.717, 1.165) is 43.0 Å². The van der Waals surface area contributed by atoms with Crippen molar-refractivity contribution in [3.05, 3.63) is 11.4 Å². The van der Waals surface area contributed by atoms with Gasteiger partial charge in [-0.3, -0.25) is 5.10 Å². The van der Waals surface area contributed by atoms with Crippen molar-refractivity contribution in [2.45, 2.75) is 33.1 Å². The molecule has 0 atom stereocenters. The summed E-state index contributed by atoms with van der Waals surface area (Å²) < 4.78 is 0. The number of carbonyl (C=O) groups is 1. The number of amides is 2. The second-order valence-electron chi connectivity index (χ2n) is 4.29. The number of nitrogens with one attached hydrogen (secondary N) is 2. The summed E-state index contributed by atoms with van der Waals surface area (Å²) in [6.45, 7) is 5.52. The maximum absolute atomic E-state index is 11.9. The van der Waals surface area contributed by atoms with E-state index < -0.39 is 0 Å². The van der Waals surface area contributed by atoms with Crippen LogP contribution in [0.1, 0.15) is 30.7 Å². The quantitative estimate of drug-likeness (QED) is 0.764. The second-order valence-corrected chi connectivity index (χ2v) is 4.29. The first kappa shape index (κ1) is 11.0. The number of carbonyl (C=O) groups excluding carboxylic acids is 1. The van der Waals surface area contributed by atoms with E-state index in [4.69, 9.17) is 0 Å². The van der Waals surface area contributed by atoms with Gasteiger partial charge in [-0.25, -0.2) is 4.79 Å². The monoisotopic (exact) mass is 222 g/mol. The van der Waals surface area contributed by atoms with E-state index in [1.165, 1.54) is 6.42 Å². The van der Waals surface area contributed by atoms with Crippen molar-refractivity contribution in [1.29, 1.82) is 0 Å². The summed E-state index contributed by atoms with van der Waals surface area (Å²) in [6, 6.07) is -0.00713. The summed E-state index contributed by atoms with van der Waals surface area (Å²) in [4.78, 5) is 13.8. The topological polar surface area (TPSA) is 61.0 Å². The van der Waals surface area contributed by atoms with Gasteiger partial charge in [0, 0.05) is 13.1 Å². The van der Waals surface area contributed by atoms with Gasteiger partial charge in [0.15, 0.2) is 0 Å². The van der Waals surface area contributed by atoms with Gasteiger partial charge < -0.3 is 10.2 Å². The van der Waals surface area contributed by atoms with E-state index in [-0.39, 0.29) is 6.03 Å². The Labute approximate surface area is 95.2 Å². The Hall–Kier alpha value is -1.52. The summed E-state index contributed by atoms with van der Waals surface area (Å²) in [5, 5.41) is 9.84. The fraction of sp³-hybridized carbons (Fsp3) is 0.636. The highest BCUT2D eigenvalue weighted by Crippen LogP contribution is 2.17. The molecule has 2 rings (SSSR count). The fourth-order valence-corrected chi connectivity index (χ4v) is 2.02. The molecule has 5 heteroatoms. The number of aromatic amines is 1. The van der Waals surface area contributed by atoms with Gasteiger partial charge in [-0.2, -0.15) is 5.10 Å². The van der Waals surface area contributed by atoms with Crippen LogP contribution in [0.4, 0.5) is 10.5 Å². The first-order chi connectivity index (χ1) is 7.68. The molecule has 2 amide bonds. The number of H-pyrrole nitrogens is 1. The summed E-state index contributed by atoms with van der Waals surface area (Å²) >= 11 is 0. The maximum Gasteiger partial charge on any atom is 0.321 e. The Morgan fingerprint density at radius 2 is 2.00 bits per heavy atom. The van der Waals surface area contributed by atoms with Crippen molar-refractivity contribution in [1.82, 2.24) is 15.1 Å². The van der Waals surface area contributed by atoms with Gasteiger partial charge in [-0.1, -0.05) is 0 Å². The van der Waals surface area contributed by atoms with Gasteiger partial charge in [-0.05, 0) is 33.1 Å². The summed E-state index contributed by atoms with van der Waals surface area (Å²) in [6.07, 6.45) is 3.45. The number of nitrogens with zero attached hydrogens (tertiary/aromatic N) is 2. The lowest BCUT2D eigenvalue weighted by Crippen LogP contribution is -2.38. The molecule has 2 heterocycles. The molecule has 1 aromatic rings. The lowest BCUT2D eigenvalue weighted by Gasteiger charge is -2.26. The average Bonchev–Trinajstić information content (AvgIpc) is 2.62. The SMILES string of the molecule is Cc1n[nH]c(C)c1NC(=O)N1CCCCC1. The number of anilines is 1. The van der Waals surface area contributed by atoms with Crippen LogP contribution in [0.2, 0.25) is 0 Å². The molecule has 0 radical (unpaired) electrons. The zero-order valence-corrected chi connectivity index (χ0v) is 9.84. The molecule has 0 aromatic carbocycles. The largest absolute Gasteiger partial charge is 0.325 e. The number of aromatic nitrogens is 2. The number of likely N-dealkylation sites (tertiary alicyclic amines) is 1. The molecule has 1 aliphatic heterocycles. The second kappa shape index (κ2) is 4.55. The van der Waals surface area contributed by atoms with Crippen LogP contribution in [0.5, 0.6) is 0 Å². The number of hydrogen-bond donors (Lipinski definition) is 2. The first-order valence-electron chi connectivity index (χ1n) is 5.76. The number of urea groups is 1. The summed E-state index contributed by atoms with van der Waals surface area (Å²) in [7, 11) is 0. The number of hydrogen-bond acceptors (Lipinski definition) is 2. The Morgan fingerprint density at radius 3 is 2.56 bits per heavy atom. The predicted molar refractivity (Wildman–Crippen MR) is 62.5 cm³/mol. The Kier molecular flexibility index (Phi) is 3.12. The van der Waals surface area contributed by atoms with E-state index in [1.54, 1.807) is 0 Å². The molecule has 1 saturated heterocycles. The average molecular weight is 222 g/mol. The van der Waals surface area contributed by atoms with Gasteiger partial charge in [0.2, 0.25) is 0 Å². The molecule has 0 saturated carbocycles. The zero-order valence-electron chi connectivity index (χ0n) is 9.84. The molecule has 0 unspecified atom stereocenters. The Bertz CT molecular complexity index is 360. The molecule has 88 valence electrons. The van der Waals surface area contributed by atoms with Crippen LogP contribution in [0.25, 0.3) is 0 Å². The normalized spacial score (nSPS) is 16.2. The molecule has 1 aromatic heterocycles. The van der Waals surface area contributed by atoms with Crippen molar-refractivity contribution in [2.24, 2.45) is 0 Å². The van der Waals surface area contributed by atoms with Crippen LogP contribution >= 0.6 is 0 Å². The fourth-order valence-electron chi connectivity index (χ4n) is 2.02. The first-order valence-corrected chi connectivity index (χ1v) is 5.76. The van der Waals surface area contributed by atoms with E-state index in [2.05, 4.69) is 15.5 Å². The summed E-state index contributed by atoms with van der Waals surface area (Å²) in [5.74, 6) is 0. The maximum atomic E-state index is 11.9. The van der Waals surface area contributed by atoms with Crippen LogP contribution in [0.3, 0.4) is 0 Å². The molecule has 2 N–H and O–H groups in total. The highest BCUT2D eigenvalue weighted by Gasteiger charge is 2.18. The highest BCUT2D eigenvalue weighted by molar-refractivity contribution is 5.90. The van der Waals surface area contributed by atoms with E-state index in [1.807, 2.05) is 18.7 Å². The van der Waals surface area contributed by atoms with E-state index >= 15 is 0 Å². The van der Waals surface area contributed by atoms with Crippen molar-refractivity contribution in [3.8, 4) is 0 Å². The Morgan fingerprint density at radius 1 is 1.31 bits per heavy atom. The molecule has 0 spiro atoms. The van der Waals surface area contributed by atoms with Crippen LogP contribution in [0.15, 0.2) is 0 Å². The lowest BCUT2D eigenvalue weighted by atomic mass is 10.1.